The molecule has 0 saturated carbocycles. The molecule has 0 aliphatic rings. The summed E-state index contributed by atoms with van der Waals surface area (Å²) in [5, 5.41) is 3.54. The lowest BCUT2D eigenvalue weighted by Crippen LogP contribution is -2.23. The largest absolute Gasteiger partial charge is 0.372 e. The molecule has 0 aromatic heterocycles. The molecule has 3 heteroatoms. The fraction of sp³-hybridized carbons (Fsp3) is 0.714. The first-order chi connectivity index (χ1) is 4.66. The number of hydrogen-bond acceptors (Lipinski definition) is 2. The van der Waals surface area contributed by atoms with Crippen molar-refractivity contribution in [3.8, 4) is 0 Å². The molecule has 0 radical (unpaired) electrons. The van der Waals surface area contributed by atoms with Gasteiger partial charge in [0.15, 0.2) is 0 Å². The Morgan fingerprint density at radius 2 is 2.40 bits per heavy atom. The molecule has 0 aliphatic heterocycles. The van der Waals surface area contributed by atoms with Crippen LogP contribution in [0.1, 0.15) is 6.92 Å². The maximum Gasteiger partial charge on any atom is 0.0821 e. The van der Waals surface area contributed by atoms with E-state index in [4.69, 9.17) is 16.3 Å². The summed E-state index contributed by atoms with van der Waals surface area (Å²) in [6.07, 6.45) is 0.195. The molecule has 0 aromatic rings. The Hall–Kier alpha value is -0.0500. The Morgan fingerprint density at radius 3 is 2.80 bits per heavy atom. The Bertz CT molecular complexity index is 106. The van der Waals surface area contributed by atoms with Crippen LogP contribution in [0.5, 0.6) is 0 Å². The Kier molecular flexibility index (Phi) is 5.69. The summed E-state index contributed by atoms with van der Waals surface area (Å²) in [5.41, 5.74) is 0. The van der Waals surface area contributed by atoms with E-state index in [0.717, 1.165) is 6.54 Å². The lowest BCUT2D eigenvalue weighted by atomic mass is 10.4. The fourth-order valence-corrected chi connectivity index (χ4v) is 0.642. The molecule has 0 saturated heterocycles. The summed E-state index contributed by atoms with van der Waals surface area (Å²) >= 11 is 5.48. The van der Waals surface area contributed by atoms with Gasteiger partial charge in [0.05, 0.1) is 12.7 Å². The second-order valence-corrected chi connectivity index (χ2v) is 2.73. The minimum absolute atomic E-state index is 0.195. The number of likely N-dealkylation sites (N-methyl/N-ethyl adjacent to an activating group) is 1. The molecule has 60 valence electrons. The van der Waals surface area contributed by atoms with E-state index in [1.54, 1.807) is 0 Å². The van der Waals surface area contributed by atoms with Crippen LogP contribution in [0, 0.1) is 0 Å². The molecule has 0 fully saturated rings. The van der Waals surface area contributed by atoms with Gasteiger partial charge in [0.25, 0.3) is 0 Å². The van der Waals surface area contributed by atoms with Crippen LogP contribution in [0.2, 0.25) is 0 Å². The average molecular weight is 164 g/mol. The number of ether oxygens (including phenoxy) is 1. The van der Waals surface area contributed by atoms with E-state index in [2.05, 4.69) is 11.9 Å². The lowest BCUT2D eigenvalue weighted by Gasteiger charge is -2.10. The topological polar surface area (TPSA) is 21.3 Å². The smallest absolute Gasteiger partial charge is 0.0821 e. The summed E-state index contributed by atoms with van der Waals surface area (Å²) in [6.45, 7) is 6.76. The highest BCUT2D eigenvalue weighted by atomic mass is 35.5. The van der Waals surface area contributed by atoms with Crippen molar-refractivity contribution in [1.29, 1.82) is 0 Å². The zero-order valence-corrected chi connectivity index (χ0v) is 7.24. The Labute approximate surface area is 67.2 Å². The predicted molar refractivity (Wildman–Crippen MR) is 44.3 cm³/mol. The quantitative estimate of drug-likeness (QED) is 0.661. The summed E-state index contributed by atoms with van der Waals surface area (Å²) in [7, 11) is 1.88. The number of hydrogen-bond donors (Lipinski definition) is 1. The van der Waals surface area contributed by atoms with Gasteiger partial charge in [0.2, 0.25) is 0 Å². The highest BCUT2D eigenvalue weighted by Gasteiger charge is 1.98. The first kappa shape index (κ1) is 9.95. The van der Waals surface area contributed by atoms with Gasteiger partial charge in [-0.2, -0.15) is 0 Å². The molecular weight excluding hydrogens is 150 g/mol. The van der Waals surface area contributed by atoms with Crippen molar-refractivity contribution >= 4 is 11.6 Å². The molecule has 0 spiro atoms. The number of halogens is 1. The minimum atomic E-state index is 0.195. The first-order valence-corrected chi connectivity index (χ1v) is 3.64. The van der Waals surface area contributed by atoms with Crippen molar-refractivity contribution in [2.45, 2.75) is 13.0 Å². The maximum atomic E-state index is 5.48. The van der Waals surface area contributed by atoms with Crippen LogP contribution in [0.3, 0.4) is 0 Å². The van der Waals surface area contributed by atoms with Crippen molar-refractivity contribution in [3.63, 3.8) is 0 Å². The van der Waals surface area contributed by atoms with Gasteiger partial charge in [0.1, 0.15) is 0 Å². The summed E-state index contributed by atoms with van der Waals surface area (Å²) < 4.78 is 5.25. The summed E-state index contributed by atoms with van der Waals surface area (Å²) in [4.78, 5) is 0. The number of nitrogens with one attached hydrogen (secondary N) is 1. The molecule has 0 aromatic carbocycles. The molecule has 0 amide bonds. The molecule has 10 heavy (non-hydrogen) atoms. The summed E-state index contributed by atoms with van der Waals surface area (Å²) in [5.74, 6) is 0. The highest BCUT2D eigenvalue weighted by molar-refractivity contribution is 6.29. The standard InChI is InChI=1S/C7H14ClNO/c1-6(8)5-10-7(2)4-9-3/h7,9H,1,4-5H2,2-3H3. The van der Waals surface area contributed by atoms with Crippen LogP contribution in [-0.4, -0.2) is 26.3 Å². The van der Waals surface area contributed by atoms with Crippen molar-refractivity contribution in [2.75, 3.05) is 20.2 Å². The van der Waals surface area contributed by atoms with Crippen LogP contribution in [-0.2, 0) is 4.74 Å². The highest BCUT2D eigenvalue weighted by Crippen LogP contribution is 1.99. The maximum absolute atomic E-state index is 5.48. The monoisotopic (exact) mass is 163 g/mol. The van der Waals surface area contributed by atoms with Crippen molar-refractivity contribution in [1.82, 2.24) is 5.32 Å². The second-order valence-electron chi connectivity index (χ2n) is 2.20. The molecule has 1 unspecified atom stereocenters. The predicted octanol–water partition coefficient (Wildman–Crippen LogP) is 1.36. The zero-order valence-electron chi connectivity index (χ0n) is 6.48. The van der Waals surface area contributed by atoms with Crippen LogP contribution in [0.25, 0.3) is 0 Å². The van der Waals surface area contributed by atoms with Gasteiger partial charge in [-0.3, -0.25) is 0 Å². The second kappa shape index (κ2) is 5.71. The minimum Gasteiger partial charge on any atom is -0.372 e. The molecule has 0 rings (SSSR count). The van der Waals surface area contributed by atoms with E-state index < -0.39 is 0 Å². The molecule has 0 heterocycles. The van der Waals surface area contributed by atoms with Crippen molar-refractivity contribution in [3.05, 3.63) is 11.6 Å². The normalized spacial score (nSPS) is 13.1. The van der Waals surface area contributed by atoms with Gasteiger partial charge >= 0.3 is 0 Å². The van der Waals surface area contributed by atoms with E-state index in [-0.39, 0.29) is 6.10 Å². The third kappa shape index (κ3) is 6.08. The Balaban J connectivity index is 3.21. The lowest BCUT2D eigenvalue weighted by molar-refractivity contribution is 0.0877. The van der Waals surface area contributed by atoms with Gasteiger partial charge < -0.3 is 10.1 Å². The SMILES string of the molecule is C=C(Cl)COC(C)CNC. The van der Waals surface area contributed by atoms with E-state index in [1.165, 1.54) is 0 Å². The molecule has 1 atom stereocenters. The van der Waals surface area contributed by atoms with Crippen LogP contribution < -0.4 is 5.32 Å². The Morgan fingerprint density at radius 1 is 1.80 bits per heavy atom. The van der Waals surface area contributed by atoms with Crippen LogP contribution in [0.4, 0.5) is 0 Å². The fourth-order valence-electron chi connectivity index (χ4n) is 0.579. The molecular formula is C7H14ClNO. The molecule has 0 bridgehead atoms. The zero-order chi connectivity index (χ0) is 7.98. The van der Waals surface area contributed by atoms with Gasteiger partial charge in [-0.05, 0) is 14.0 Å². The number of rotatable bonds is 5. The third-order valence-corrected chi connectivity index (χ3v) is 1.13. The van der Waals surface area contributed by atoms with E-state index in [1.807, 2.05) is 14.0 Å². The molecule has 0 aliphatic carbocycles. The van der Waals surface area contributed by atoms with Crippen LogP contribution >= 0.6 is 11.6 Å². The van der Waals surface area contributed by atoms with Gasteiger partial charge in [0, 0.05) is 11.6 Å². The third-order valence-electron chi connectivity index (χ3n) is 1.02. The molecule has 2 nitrogen and oxygen atoms in total. The van der Waals surface area contributed by atoms with Gasteiger partial charge in [-0.1, -0.05) is 18.2 Å². The summed E-state index contributed by atoms with van der Waals surface area (Å²) in [6, 6.07) is 0. The van der Waals surface area contributed by atoms with E-state index in [0.29, 0.717) is 11.6 Å². The van der Waals surface area contributed by atoms with Gasteiger partial charge in [-0.25, -0.2) is 0 Å². The van der Waals surface area contributed by atoms with E-state index in [9.17, 15) is 0 Å². The van der Waals surface area contributed by atoms with Crippen LogP contribution in [0.15, 0.2) is 11.6 Å². The first-order valence-electron chi connectivity index (χ1n) is 3.26. The van der Waals surface area contributed by atoms with Crippen molar-refractivity contribution < 1.29 is 4.74 Å². The molecule has 1 N–H and O–H groups in total. The van der Waals surface area contributed by atoms with E-state index >= 15 is 0 Å². The van der Waals surface area contributed by atoms with Crippen molar-refractivity contribution in [2.24, 2.45) is 0 Å². The average Bonchev–Trinajstić information content (AvgIpc) is 1.85. The van der Waals surface area contributed by atoms with Gasteiger partial charge in [-0.15, -0.1) is 0 Å².